The lowest BCUT2D eigenvalue weighted by Crippen LogP contribution is -1.97. The van der Waals surface area contributed by atoms with Gasteiger partial charge in [0.15, 0.2) is 0 Å². The second kappa shape index (κ2) is 9.25. The van der Waals surface area contributed by atoms with Gasteiger partial charge in [0.25, 0.3) is 11.4 Å². The zero-order valence-electron chi connectivity index (χ0n) is 13.6. The van der Waals surface area contributed by atoms with Crippen molar-refractivity contribution in [1.29, 1.82) is 0 Å². The molecule has 11 nitrogen and oxygen atoms in total. The summed E-state index contributed by atoms with van der Waals surface area (Å²) < 4.78 is 0. The first kappa shape index (κ1) is 19.9. The summed E-state index contributed by atoms with van der Waals surface area (Å²) in [4.78, 5) is 32.2. The lowest BCUT2D eigenvalue weighted by Gasteiger charge is -1.97. The molecule has 0 radical (unpaired) electrons. The quantitative estimate of drug-likeness (QED) is 0.603. The van der Waals surface area contributed by atoms with Crippen LogP contribution in [0.4, 0.5) is 17.1 Å². The van der Waals surface area contributed by atoms with Crippen molar-refractivity contribution >= 4 is 22.8 Å². The molecule has 0 spiro atoms. The Balaban J connectivity index is 0.000000293. The summed E-state index contributed by atoms with van der Waals surface area (Å²) in [5.41, 5.74) is -1.53. The number of phenols is 1. The molecule has 0 bridgehead atoms. The van der Waals surface area contributed by atoms with E-state index in [2.05, 4.69) is 11.9 Å². The van der Waals surface area contributed by atoms with Gasteiger partial charge in [0.1, 0.15) is 0 Å². The monoisotopic (exact) mass is 354 g/mol. The van der Waals surface area contributed by atoms with Crippen LogP contribution in [0.3, 0.4) is 0 Å². The van der Waals surface area contributed by atoms with Gasteiger partial charge in [-0.3, -0.25) is 35.3 Å². The Morgan fingerprint density at radius 1 is 1.08 bits per heavy atom. The van der Waals surface area contributed by atoms with E-state index >= 15 is 0 Å². The zero-order valence-corrected chi connectivity index (χ0v) is 13.6. The van der Waals surface area contributed by atoms with Crippen LogP contribution in [-0.4, -0.2) is 32.1 Å². The predicted octanol–water partition coefficient (Wildman–Crippen LogP) is 3.53. The van der Waals surface area contributed by atoms with E-state index in [1.165, 1.54) is 37.8 Å². The Labute approximate surface area is 142 Å². The Kier molecular flexibility index (Phi) is 7.38. The minimum Gasteiger partial charge on any atom is -0.497 e. The number of aliphatic imine (C=N–C) groups is 1. The van der Waals surface area contributed by atoms with Crippen molar-refractivity contribution in [2.24, 2.45) is 4.99 Å². The van der Waals surface area contributed by atoms with Crippen molar-refractivity contribution in [3.05, 3.63) is 42.5 Å². The molecule has 136 valence electrons. The molecule has 1 aromatic carbocycles. The number of unbranched alkanes of at least 4 members (excludes halogenated alkanes) is 1. The molecule has 0 fully saturated rings. The summed E-state index contributed by atoms with van der Waals surface area (Å²) in [6, 6.07) is 0.894. The maximum Gasteiger partial charge on any atom is 0.324 e. The van der Waals surface area contributed by atoms with E-state index in [0.29, 0.717) is 12.1 Å². The third kappa shape index (κ3) is 5.79. The summed E-state index contributed by atoms with van der Waals surface area (Å²) in [5, 5.41) is 40.2. The smallest absolute Gasteiger partial charge is 0.324 e. The lowest BCUT2D eigenvalue weighted by molar-refractivity contribution is -0.404. The number of hydrogen-bond donors (Lipinski definition) is 1. The largest absolute Gasteiger partial charge is 0.497 e. The molecule has 11 heteroatoms. The fraction of sp³-hybridized carbons (Fsp3) is 0.500. The Hall–Kier alpha value is -3.11. The number of benzene rings is 1. The number of nitro benzene ring substituents is 3. The molecule has 1 N–H and O–H groups in total. The zero-order chi connectivity index (χ0) is 19.0. The highest BCUT2D eigenvalue weighted by atomic mass is 16.6. The molecule has 25 heavy (non-hydrogen) atoms. The van der Waals surface area contributed by atoms with E-state index in [9.17, 15) is 30.3 Å². The van der Waals surface area contributed by atoms with E-state index in [-0.39, 0.29) is 0 Å². The number of hydrogen-bond acceptors (Lipinski definition) is 8. The predicted molar refractivity (Wildman–Crippen MR) is 89.1 cm³/mol. The fourth-order valence-electron chi connectivity index (χ4n) is 2.16. The molecule has 0 aliphatic carbocycles. The SMILES string of the molecule is CCCCC1=NCCC1.O=[N+]([O-])c1cc([N+](=O)[O-])c(O)c([N+](=O)[O-])c1. The molecule has 0 saturated carbocycles. The normalized spacial score (nSPS) is 12.8. The second-order valence-corrected chi connectivity index (χ2v) is 5.26. The van der Waals surface area contributed by atoms with Crippen molar-refractivity contribution in [2.75, 3.05) is 6.54 Å². The minimum atomic E-state index is -1.21. The number of aromatic hydroxyl groups is 1. The van der Waals surface area contributed by atoms with Gasteiger partial charge >= 0.3 is 11.4 Å². The second-order valence-electron chi connectivity index (χ2n) is 5.26. The molecular formula is C14H18N4O7. The van der Waals surface area contributed by atoms with Gasteiger partial charge in [-0.05, 0) is 25.7 Å². The van der Waals surface area contributed by atoms with Crippen LogP contribution in [0.5, 0.6) is 5.75 Å². The van der Waals surface area contributed by atoms with E-state index in [1.54, 1.807) is 0 Å². The van der Waals surface area contributed by atoms with Crippen molar-refractivity contribution < 1.29 is 19.9 Å². The summed E-state index contributed by atoms with van der Waals surface area (Å²) in [6.07, 6.45) is 6.48. The molecule has 2 rings (SSSR count). The van der Waals surface area contributed by atoms with Gasteiger partial charge in [-0.1, -0.05) is 13.3 Å². The Bertz CT molecular complexity index is 667. The van der Waals surface area contributed by atoms with Crippen LogP contribution >= 0.6 is 0 Å². The topological polar surface area (TPSA) is 162 Å². The third-order valence-electron chi connectivity index (χ3n) is 3.44. The van der Waals surface area contributed by atoms with Crippen molar-refractivity contribution in [2.45, 2.75) is 39.0 Å². The summed E-state index contributed by atoms with van der Waals surface area (Å²) in [6.45, 7) is 3.33. The summed E-state index contributed by atoms with van der Waals surface area (Å²) in [7, 11) is 0. The van der Waals surface area contributed by atoms with E-state index in [4.69, 9.17) is 5.11 Å². The van der Waals surface area contributed by atoms with Crippen molar-refractivity contribution in [3.63, 3.8) is 0 Å². The fourth-order valence-corrected chi connectivity index (χ4v) is 2.16. The molecule has 1 heterocycles. The summed E-state index contributed by atoms with van der Waals surface area (Å²) in [5.74, 6) is -1.21. The van der Waals surface area contributed by atoms with Gasteiger partial charge in [-0.15, -0.1) is 0 Å². The first-order chi connectivity index (χ1) is 11.8. The van der Waals surface area contributed by atoms with Crippen LogP contribution in [0.2, 0.25) is 0 Å². The molecule has 0 amide bonds. The standard InChI is InChI=1S/C8H15N.C6H3N3O7/c1-2-3-5-8-6-4-7-9-8;10-6-4(8(13)14)1-3(7(11)12)2-5(6)9(15)16/h2-7H2,1H3;1-2,10H. The first-order valence-corrected chi connectivity index (χ1v) is 7.60. The van der Waals surface area contributed by atoms with Gasteiger partial charge in [-0.25, -0.2) is 0 Å². The number of phenolic OH excluding ortho intramolecular Hbond substituents is 1. The molecule has 0 unspecified atom stereocenters. The highest BCUT2D eigenvalue weighted by molar-refractivity contribution is 5.85. The van der Waals surface area contributed by atoms with Crippen molar-refractivity contribution in [3.8, 4) is 5.75 Å². The first-order valence-electron chi connectivity index (χ1n) is 7.60. The van der Waals surface area contributed by atoms with Crippen LogP contribution in [0.25, 0.3) is 0 Å². The average molecular weight is 354 g/mol. The van der Waals surface area contributed by atoms with Crippen LogP contribution in [-0.2, 0) is 0 Å². The van der Waals surface area contributed by atoms with Crippen LogP contribution in [0, 0.1) is 30.3 Å². The average Bonchev–Trinajstić information content (AvgIpc) is 3.06. The highest BCUT2D eigenvalue weighted by Crippen LogP contribution is 2.38. The third-order valence-corrected chi connectivity index (χ3v) is 3.44. The molecule has 0 saturated heterocycles. The lowest BCUT2D eigenvalue weighted by atomic mass is 10.1. The molecule has 1 aliphatic heterocycles. The maximum atomic E-state index is 10.4. The minimum absolute atomic E-state index is 0.447. The van der Waals surface area contributed by atoms with Gasteiger partial charge < -0.3 is 5.11 Å². The number of nitro groups is 3. The van der Waals surface area contributed by atoms with Gasteiger partial charge in [0.2, 0.25) is 0 Å². The molecule has 1 aromatic rings. The highest BCUT2D eigenvalue weighted by Gasteiger charge is 2.30. The Morgan fingerprint density at radius 2 is 1.64 bits per heavy atom. The molecule has 1 aliphatic rings. The van der Waals surface area contributed by atoms with Gasteiger partial charge in [0.05, 0.1) is 26.9 Å². The molecular weight excluding hydrogens is 336 g/mol. The number of nitrogens with zero attached hydrogens (tertiary/aromatic N) is 4. The number of rotatable bonds is 6. The van der Waals surface area contributed by atoms with Crippen LogP contribution < -0.4 is 0 Å². The van der Waals surface area contributed by atoms with Gasteiger partial charge in [0, 0.05) is 12.3 Å². The summed E-state index contributed by atoms with van der Waals surface area (Å²) >= 11 is 0. The number of non-ortho nitro benzene ring substituents is 1. The van der Waals surface area contributed by atoms with E-state index in [1.807, 2.05) is 0 Å². The molecule has 0 aromatic heterocycles. The van der Waals surface area contributed by atoms with E-state index < -0.39 is 37.6 Å². The van der Waals surface area contributed by atoms with Crippen LogP contribution in [0.1, 0.15) is 39.0 Å². The van der Waals surface area contributed by atoms with Crippen molar-refractivity contribution in [1.82, 2.24) is 0 Å². The van der Waals surface area contributed by atoms with E-state index in [0.717, 1.165) is 6.54 Å². The Morgan fingerprint density at radius 3 is 2.00 bits per heavy atom. The van der Waals surface area contributed by atoms with Crippen LogP contribution in [0.15, 0.2) is 17.1 Å². The maximum absolute atomic E-state index is 10.4. The molecule has 0 atom stereocenters. The van der Waals surface area contributed by atoms with Gasteiger partial charge in [-0.2, -0.15) is 0 Å².